The summed E-state index contributed by atoms with van der Waals surface area (Å²) in [5.74, 6) is -5.37. The molecule has 0 radical (unpaired) electrons. The second kappa shape index (κ2) is 5.84. The number of carbonyl (C=O) groups is 4. The Morgan fingerprint density at radius 1 is 1.11 bits per heavy atom. The lowest BCUT2D eigenvalue weighted by molar-refractivity contribution is -0.188. The van der Waals surface area contributed by atoms with E-state index >= 15 is 0 Å². The van der Waals surface area contributed by atoms with Crippen molar-refractivity contribution in [3.05, 3.63) is 0 Å². The number of aliphatic carboxylic acids is 2. The third kappa shape index (κ3) is 3.92. The van der Waals surface area contributed by atoms with Gasteiger partial charge in [0.15, 0.2) is 0 Å². The van der Waals surface area contributed by atoms with Gasteiger partial charge in [-0.15, -0.1) is 0 Å². The molecule has 3 N–H and O–H groups in total. The van der Waals surface area contributed by atoms with Crippen LogP contribution in [0.3, 0.4) is 0 Å². The van der Waals surface area contributed by atoms with Gasteiger partial charge in [0.25, 0.3) is 0 Å². The fourth-order valence-corrected chi connectivity index (χ4v) is 1.03. The summed E-state index contributed by atoms with van der Waals surface area (Å²) in [5, 5.41) is 25.8. The summed E-state index contributed by atoms with van der Waals surface area (Å²) in [5.41, 5.74) is -3.11. The average molecular weight is 264 g/mol. The van der Waals surface area contributed by atoms with E-state index in [9.17, 15) is 19.2 Å². The Labute approximate surface area is 101 Å². The van der Waals surface area contributed by atoms with E-state index < -0.39 is 42.2 Å². The van der Waals surface area contributed by atoms with Crippen LogP contribution in [-0.4, -0.2) is 51.1 Å². The Morgan fingerprint density at radius 2 is 1.61 bits per heavy atom. The molecule has 9 heteroatoms. The maximum absolute atomic E-state index is 11.5. The molecule has 0 saturated heterocycles. The second-order valence-corrected chi connectivity index (χ2v) is 3.52. The zero-order valence-corrected chi connectivity index (χ0v) is 9.58. The van der Waals surface area contributed by atoms with Gasteiger partial charge in [0, 0.05) is 0 Å². The fraction of sp³-hybridized carbons (Fsp3) is 0.556. The number of carboxylic acid groups (broad SMARTS) is 3. The van der Waals surface area contributed by atoms with E-state index in [0.717, 1.165) is 0 Å². The molecule has 0 amide bonds. The van der Waals surface area contributed by atoms with Crippen molar-refractivity contribution < 1.29 is 44.0 Å². The SMILES string of the molecule is CC(C)OC(=O)C(CC(=O)O)(OC(=O)O)C(=O)O. The highest BCUT2D eigenvalue weighted by atomic mass is 16.7. The predicted molar refractivity (Wildman–Crippen MR) is 53.0 cm³/mol. The molecule has 0 aliphatic carbocycles. The van der Waals surface area contributed by atoms with E-state index in [1.54, 1.807) is 0 Å². The van der Waals surface area contributed by atoms with Crippen molar-refractivity contribution >= 4 is 24.1 Å². The quantitative estimate of drug-likeness (QED) is 0.442. The number of hydrogen-bond acceptors (Lipinski definition) is 6. The Bertz CT molecular complexity index is 354. The maximum Gasteiger partial charge on any atom is 0.507 e. The molecule has 0 saturated carbocycles. The van der Waals surface area contributed by atoms with Gasteiger partial charge in [-0.2, -0.15) is 0 Å². The van der Waals surface area contributed by atoms with E-state index in [1.807, 2.05) is 0 Å². The summed E-state index contributed by atoms with van der Waals surface area (Å²) < 4.78 is 8.44. The molecular formula is C9H12O9. The molecule has 0 aromatic carbocycles. The first-order chi connectivity index (χ1) is 8.11. The van der Waals surface area contributed by atoms with E-state index in [4.69, 9.17) is 15.3 Å². The molecule has 0 spiro atoms. The van der Waals surface area contributed by atoms with E-state index in [-0.39, 0.29) is 0 Å². The summed E-state index contributed by atoms with van der Waals surface area (Å²) in [6.07, 6.45) is -4.23. The van der Waals surface area contributed by atoms with Crippen molar-refractivity contribution in [2.75, 3.05) is 0 Å². The molecule has 9 nitrogen and oxygen atoms in total. The van der Waals surface area contributed by atoms with Crippen LogP contribution in [0.1, 0.15) is 20.3 Å². The lowest BCUT2D eigenvalue weighted by Crippen LogP contribution is -2.53. The molecule has 0 aromatic heterocycles. The van der Waals surface area contributed by atoms with Crippen molar-refractivity contribution in [3.63, 3.8) is 0 Å². The monoisotopic (exact) mass is 264 g/mol. The maximum atomic E-state index is 11.5. The van der Waals surface area contributed by atoms with Crippen LogP contribution in [0, 0.1) is 0 Å². The zero-order valence-electron chi connectivity index (χ0n) is 9.58. The van der Waals surface area contributed by atoms with Crippen molar-refractivity contribution in [2.24, 2.45) is 0 Å². The summed E-state index contributed by atoms with van der Waals surface area (Å²) in [6, 6.07) is 0. The van der Waals surface area contributed by atoms with Crippen molar-refractivity contribution in [2.45, 2.75) is 32.0 Å². The average Bonchev–Trinajstić information content (AvgIpc) is 2.13. The van der Waals surface area contributed by atoms with Crippen molar-refractivity contribution in [1.29, 1.82) is 0 Å². The van der Waals surface area contributed by atoms with Gasteiger partial charge in [0.1, 0.15) is 6.42 Å². The van der Waals surface area contributed by atoms with Crippen LogP contribution in [0.4, 0.5) is 4.79 Å². The van der Waals surface area contributed by atoms with Crippen molar-refractivity contribution in [3.8, 4) is 0 Å². The molecule has 0 bridgehead atoms. The number of rotatable bonds is 6. The number of esters is 1. The topological polar surface area (TPSA) is 147 Å². The molecule has 0 aliphatic heterocycles. The molecule has 1 atom stereocenters. The van der Waals surface area contributed by atoms with Crippen LogP contribution in [-0.2, 0) is 23.9 Å². The van der Waals surface area contributed by atoms with E-state index in [1.165, 1.54) is 13.8 Å². The largest absolute Gasteiger partial charge is 0.507 e. The van der Waals surface area contributed by atoms with Gasteiger partial charge < -0.3 is 24.8 Å². The van der Waals surface area contributed by atoms with Gasteiger partial charge in [-0.3, -0.25) is 4.79 Å². The van der Waals surface area contributed by atoms with E-state index in [2.05, 4.69) is 9.47 Å². The van der Waals surface area contributed by atoms with Crippen LogP contribution in [0.25, 0.3) is 0 Å². The third-order valence-corrected chi connectivity index (χ3v) is 1.68. The molecule has 1 unspecified atom stereocenters. The first-order valence-electron chi connectivity index (χ1n) is 4.70. The Morgan fingerprint density at radius 3 is 1.89 bits per heavy atom. The minimum atomic E-state index is -3.11. The van der Waals surface area contributed by atoms with Gasteiger partial charge in [-0.05, 0) is 13.8 Å². The number of ether oxygens (including phenoxy) is 2. The third-order valence-electron chi connectivity index (χ3n) is 1.68. The smallest absolute Gasteiger partial charge is 0.481 e. The van der Waals surface area contributed by atoms with Crippen molar-refractivity contribution in [1.82, 2.24) is 0 Å². The molecule has 0 rings (SSSR count). The predicted octanol–water partition coefficient (Wildman–Crippen LogP) is -0.0693. The first kappa shape index (κ1) is 15.7. The fourth-order valence-electron chi connectivity index (χ4n) is 1.03. The molecule has 0 heterocycles. The standard InChI is InChI=1S/C9H12O9/c1-4(2)17-7(14)9(6(12)13,3-5(10)11)18-8(15)16/h4H,3H2,1-2H3,(H,10,11)(H,12,13)(H,15,16). The number of carbonyl (C=O) groups excluding carboxylic acids is 1. The Balaban J connectivity index is 5.44. The number of hydrogen-bond donors (Lipinski definition) is 3. The Hall–Kier alpha value is -2.32. The van der Waals surface area contributed by atoms with Gasteiger partial charge in [0.05, 0.1) is 6.10 Å². The lowest BCUT2D eigenvalue weighted by atomic mass is 10.00. The molecule has 102 valence electrons. The highest BCUT2D eigenvalue weighted by Gasteiger charge is 2.54. The van der Waals surface area contributed by atoms with Crippen LogP contribution < -0.4 is 0 Å². The highest BCUT2D eigenvalue weighted by molar-refractivity contribution is 6.06. The van der Waals surface area contributed by atoms with Gasteiger partial charge >= 0.3 is 29.7 Å². The lowest BCUT2D eigenvalue weighted by Gasteiger charge is -2.25. The summed E-state index contributed by atoms with van der Waals surface area (Å²) in [6.45, 7) is 2.76. The second-order valence-electron chi connectivity index (χ2n) is 3.52. The summed E-state index contributed by atoms with van der Waals surface area (Å²) >= 11 is 0. The molecule has 18 heavy (non-hydrogen) atoms. The van der Waals surface area contributed by atoms with Gasteiger partial charge in [0.2, 0.25) is 0 Å². The normalized spacial score (nSPS) is 13.5. The minimum Gasteiger partial charge on any atom is -0.481 e. The molecular weight excluding hydrogens is 252 g/mol. The van der Waals surface area contributed by atoms with Gasteiger partial charge in [-0.1, -0.05) is 0 Å². The number of carboxylic acids is 2. The van der Waals surface area contributed by atoms with E-state index in [0.29, 0.717) is 0 Å². The van der Waals surface area contributed by atoms with Crippen LogP contribution in [0.15, 0.2) is 0 Å². The van der Waals surface area contributed by atoms with Gasteiger partial charge in [-0.25, -0.2) is 14.4 Å². The first-order valence-corrected chi connectivity index (χ1v) is 4.70. The van der Waals surface area contributed by atoms with Crippen LogP contribution in [0.5, 0.6) is 0 Å². The minimum absolute atomic E-state index is 0.762. The summed E-state index contributed by atoms with van der Waals surface area (Å²) in [7, 11) is 0. The zero-order chi connectivity index (χ0) is 14.5. The van der Waals surface area contributed by atoms with Crippen LogP contribution in [0.2, 0.25) is 0 Å². The summed E-state index contributed by atoms with van der Waals surface area (Å²) in [4.78, 5) is 43.4. The molecule has 0 aliphatic rings. The Kier molecular flexibility index (Phi) is 5.09. The molecule has 0 fully saturated rings. The molecule has 0 aromatic rings. The van der Waals surface area contributed by atoms with Crippen LogP contribution >= 0.6 is 0 Å². The highest BCUT2D eigenvalue weighted by Crippen LogP contribution is 2.20.